The lowest BCUT2D eigenvalue weighted by atomic mass is 10.0. The van der Waals surface area contributed by atoms with Crippen molar-refractivity contribution in [1.82, 2.24) is 15.0 Å². The number of carbonyl (C=O) groups excluding carboxylic acids is 2. The van der Waals surface area contributed by atoms with Crippen LogP contribution in [0.2, 0.25) is 0 Å². The third-order valence-corrected chi connectivity index (χ3v) is 5.50. The van der Waals surface area contributed by atoms with Crippen molar-refractivity contribution in [3.63, 3.8) is 0 Å². The van der Waals surface area contributed by atoms with Crippen LogP contribution in [0.25, 0.3) is 22.2 Å². The Labute approximate surface area is 173 Å². The predicted molar refractivity (Wildman–Crippen MR) is 112 cm³/mol. The van der Waals surface area contributed by atoms with Crippen LogP contribution in [0.5, 0.6) is 0 Å². The minimum atomic E-state index is -0.553. The number of Topliss-reactive ketones (excluding diaryl/α,β-unsaturated/α-hetero) is 1. The van der Waals surface area contributed by atoms with Crippen molar-refractivity contribution in [2.75, 3.05) is 6.61 Å². The molecular weight excluding hydrogens is 378 g/mol. The molecule has 1 aliphatic carbocycles. The van der Waals surface area contributed by atoms with Crippen molar-refractivity contribution in [3.8, 4) is 11.1 Å². The van der Waals surface area contributed by atoms with E-state index in [0.717, 1.165) is 23.1 Å². The Balaban J connectivity index is 1.30. The van der Waals surface area contributed by atoms with Crippen LogP contribution in [-0.2, 0) is 17.7 Å². The molecular formula is C24H19N3O3. The summed E-state index contributed by atoms with van der Waals surface area (Å²) in [4.78, 5) is 25.1. The Kier molecular flexibility index (Phi) is 4.39. The van der Waals surface area contributed by atoms with Gasteiger partial charge in [-0.15, -0.1) is 5.10 Å². The zero-order chi connectivity index (χ0) is 20.7. The monoisotopic (exact) mass is 397 g/mol. The van der Waals surface area contributed by atoms with Crippen molar-refractivity contribution in [2.45, 2.75) is 19.9 Å². The number of aryl methyl sites for hydroxylation is 1. The molecule has 1 aromatic heterocycles. The standard InChI is InChI=1S/C24H19N3O3/c1-2-27-22-10-9-18(13-21(22)25-26-27)24(29)30-14-23(28)17-8-7-16-11-15-5-3-4-6-19(15)20(16)12-17/h3-10,12-13H,2,11,14H2,1H3. The SMILES string of the molecule is CCn1nnc2cc(C(=O)OCC(=O)c3ccc4c(c3)-c3ccccc3C4)ccc21. The van der Waals surface area contributed by atoms with Gasteiger partial charge >= 0.3 is 5.97 Å². The van der Waals surface area contributed by atoms with E-state index in [1.165, 1.54) is 11.1 Å². The second-order valence-electron chi connectivity index (χ2n) is 7.31. The van der Waals surface area contributed by atoms with Gasteiger partial charge in [-0.1, -0.05) is 41.6 Å². The van der Waals surface area contributed by atoms with E-state index in [0.29, 0.717) is 23.2 Å². The van der Waals surface area contributed by atoms with Gasteiger partial charge in [-0.2, -0.15) is 0 Å². The number of nitrogens with zero attached hydrogens (tertiary/aromatic N) is 3. The number of aromatic nitrogens is 3. The van der Waals surface area contributed by atoms with Crippen molar-refractivity contribution in [3.05, 3.63) is 82.9 Å². The molecule has 0 fully saturated rings. The molecule has 3 aromatic carbocycles. The van der Waals surface area contributed by atoms with Crippen LogP contribution < -0.4 is 0 Å². The Morgan fingerprint density at radius 2 is 1.77 bits per heavy atom. The molecule has 0 saturated carbocycles. The average molecular weight is 397 g/mol. The summed E-state index contributed by atoms with van der Waals surface area (Å²) in [7, 11) is 0. The Hall–Kier alpha value is -3.80. The zero-order valence-electron chi connectivity index (χ0n) is 16.5. The molecule has 0 aliphatic heterocycles. The maximum atomic E-state index is 12.6. The lowest BCUT2D eigenvalue weighted by Crippen LogP contribution is -2.14. The van der Waals surface area contributed by atoms with Gasteiger partial charge in [0.2, 0.25) is 0 Å². The zero-order valence-corrected chi connectivity index (χ0v) is 16.5. The molecule has 0 atom stereocenters. The maximum Gasteiger partial charge on any atom is 0.338 e. The molecule has 0 radical (unpaired) electrons. The van der Waals surface area contributed by atoms with Crippen molar-refractivity contribution in [2.24, 2.45) is 0 Å². The van der Waals surface area contributed by atoms with Crippen molar-refractivity contribution >= 4 is 22.8 Å². The first-order valence-electron chi connectivity index (χ1n) is 9.89. The van der Waals surface area contributed by atoms with Gasteiger partial charge in [0.25, 0.3) is 0 Å². The average Bonchev–Trinajstić information content (AvgIpc) is 3.37. The van der Waals surface area contributed by atoms with Crippen LogP contribution in [0.15, 0.2) is 60.7 Å². The highest BCUT2D eigenvalue weighted by Crippen LogP contribution is 2.36. The number of hydrogen-bond donors (Lipinski definition) is 0. The van der Waals surface area contributed by atoms with Crippen LogP contribution in [0.3, 0.4) is 0 Å². The molecule has 1 aliphatic rings. The molecule has 0 unspecified atom stereocenters. The molecule has 1 heterocycles. The van der Waals surface area contributed by atoms with E-state index in [1.807, 2.05) is 31.2 Å². The fourth-order valence-electron chi connectivity index (χ4n) is 3.93. The fourth-order valence-corrected chi connectivity index (χ4v) is 3.93. The number of fused-ring (bicyclic) bond motifs is 4. The first kappa shape index (κ1) is 18.2. The second kappa shape index (κ2) is 7.22. The summed E-state index contributed by atoms with van der Waals surface area (Å²) in [6.07, 6.45) is 0.875. The van der Waals surface area contributed by atoms with Crippen molar-refractivity contribution < 1.29 is 14.3 Å². The number of carbonyl (C=O) groups is 2. The second-order valence-corrected chi connectivity index (χ2v) is 7.31. The van der Waals surface area contributed by atoms with Crippen LogP contribution in [0.1, 0.15) is 38.8 Å². The summed E-state index contributed by atoms with van der Waals surface area (Å²) >= 11 is 0. The highest BCUT2D eigenvalue weighted by molar-refractivity contribution is 6.01. The first-order chi connectivity index (χ1) is 14.6. The number of rotatable bonds is 5. The van der Waals surface area contributed by atoms with Gasteiger partial charge in [0, 0.05) is 12.1 Å². The molecule has 6 nitrogen and oxygen atoms in total. The molecule has 0 N–H and O–H groups in total. The molecule has 4 aromatic rings. The molecule has 0 spiro atoms. The minimum absolute atomic E-state index is 0.228. The molecule has 0 saturated heterocycles. The van der Waals surface area contributed by atoms with Crippen LogP contribution >= 0.6 is 0 Å². The number of benzene rings is 3. The molecule has 148 valence electrons. The van der Waals surface area contributed by atoms with Gasteiger partial charge in [0.15, 0.2) is 12.4 Å². The van der Waals surface area contributed by atoms with Gasteiger partial charge in [-0.25, -0.2) is 9.48 Å². The van der Waals surface area contributed by atoms with Gasteiger partial charge in [-0.05, 0) is 59.9 Å². The molecule has 6 heteroatoms. The van der Waals surface area contributed by atoms with Crippen LogP contribution in [-0.4, -0.2) is 33.4 Å². The van der Waals surface area contributed by atoms with Gasteiger partial charge < -0.3 is 4.74 Å². The Morgan fingerprint density at radius 3 is 2.63 bits per heavy atom. The summed E-state index contributed by atoms with van der Waals surface area (Å²) in [5.74, 6) is -0.781. The molecule has 30 heavy (non-hydrogen) atoms. The molecule has 0 bridgehead atoms. The number of hydrogen-bond acceptors (Lipinski definition) is 5. The molecule has 0 amide bonds. The topological polar surface area (TPSA) is 74.1 Å². The van der Waals surface area contributed by atoms with Crippen LogP contribution in [0.4, 0.5) is 0 Å². The third kappa shape index (κ3) is 3.06. The number of ketones is 1. The van der Waals surface area contributed by atoms with Crippen LogP contribution in [0, 0.1) is 0 Å². The number of esters is 1. The maximum absolute atomic E-state index is 12.6. The smallest absolute Gasteiger partial charge is 0.338 e. The van der Waals surface area contributed by atoms with E-state index >= 15 is 0 Å². The normalized spacial score (nSPS) is 11.9. The summed E-state index contributed by atoms with van der Waals surface area (Å²) in [5, 5.41) is 8.10. The van der Waals surface area contributed by atoms with E-state index in [2.05, 4.69) is 22.4 Å². The Morgan fingerprint density at radius 1 is 0.967 bits per heavy atom. The lowest BCUT2D eigenvalue weighted by molar-refractivity contribution is 0.0475. The highest BCUT2D eigenvalue weighted by Gasteiger charge is 2.20. The van der Waals surface area contributed by atoms with E-state index in [-0.39, 0.29) is 12.4 Å². The summed E-state index contributed by atoms with van der Waals surface area (Å²) < 4.78 is 7.02. The summed E-state index contributed by atoms with van der Waals surface area (Å²) in [5.41, 5.74) is 7.07. The van der Waals surface area contributed by atoms with Gasteiger partial charge in [0.1, 0.15) is 5.52 Å². The summed E-state index contributed by atoms with van der Waals surface area (Å²) in [6.45, 7) is 2.36. The van der Waals surface area contributed by atoms with Gasteiger partial charge in [0.05, 0.1) is 11.1 Å². The minimum Gasteiger partial charge on any atom is -0.454 e. The largest absolute Gasteiger partial charge is 0.454 e. The Bertz CT molecular complexity index is 1310. The summed E-state index contributed by atoms with van der Waals surface area (Å²) in [6, 6.07) is 19.0. The fraction of sp³-hybridized carbons (Fsp3) is 0.167. The third-order valence-electron chi connectivity index (χ3n) is 5.50. The quantitative estimate of drug-likeness (QED) is 0.330. The van der Waals surface area contributed by atoms with Gasteiger partial charge in [-0.3, -0.25) is 4.79 Å². The predicted octanol–water partition coefficient (Wildman–Crippen LogP) is 4.06. The van der Waals surface area contributed by atoms with E-state index < -0.39 is 5.97 Å². The van der Waals surface area contributed by atoms with E-state index in [9.17, 15) is 9.59 Å². The van der Waals surface area contributed by atoms with E-state index in [1.54, 1.807) is 28.9 Å². The molecule has 5 rings (SSSR count). The van der Waals surface area contributed by atoms with Crippen molar-refractivity contribution in [1.29, 1.82) is 0 Å². The number of ether oxygens (including phenoxy) is 1. The lowest BCUT2D eigenvalue weighted by Gasteiger charge is -2.07. The first-order valence-corrected chi connectivity index (χ1v) is 9.89. The van der Waals surface area contributed by atoms with E-state index in [4.69, 9.17) is 4.74 Å². The highest BCUT2D eigenvalue weighted by atomic mass is 16.5.